The fraction of sp³-hybridized carbons (Fsp3) is 0.348. The summed E-state index contributed by atoms with van der Waals surface area (Å²) in [5.74, 6) is 1.78. The molecule has 7 nitrogen and oxygen atoms in total. The van der Waals surface area contributed by atoms with Crippen LogP contribution in [-0.4, -0.2) is 41.2 Å². The molecule has 0 radical (unpaired) electrons. The number of rotatable bonds is 8. The summed E-state index contributed by atoms with van der Waals surface area (Å²) in [5, 5.41) is 4.07. The Morgan fingerprint density at radius 2 is 1.97 bits per heavy atom. The molecule has 0 spiro atoms. The Labute approximate surface area is 175 Å². The van der Waals surface area contributed by atoms with Crippen molar-refractivity contribution in [1.29, 1.82) is 0 Å². The van der Waals surface area contributed by atoms with Crippen molar-refractivity contribution in [2.45, 2.75) is 31.9 Å². The van der Waals surface area contributed by atoms with Crippen molar-refractivity contribution in [3.8, 4) is 5.75 Å². The molecule has 0 bridgehead atoms. The Kier molecular flexibility index (Phi) is 6.39. The first-order valence-electron chi connectivity index (χ1n) is 10.1. The highest BCUT2D eigenvalue weighted by Gasteiger charge is 2.34. The molecule has 1 aliphatic rings. The minimum atomic E-state index is -0.189. The van der Waals surface area contributed by atoms with Crippen molar-refractivity contribution in [3.63, 3.8) is 0 Å². The Hall–Kier alpha value is -3.19. The normalized spacial score (nSPS) is 16.0. The zero-order valence-corrected chi connectivity index (χ0v) is 17.0. The summed E-state index contributed by atoms with van der Waals surface area (Å²) < 4.78 is 16.3. The van der Waals surface area contributed by atoms with Crippen LogP contribution in [0.1, 0.15) is 46.5 Å². The standard InChI is InChI=1S/C23H25N3O4/c1-28-19-11-9-18(10-12-19)23(27)26-14-5-8-20(26)22-24-21(25-30-22)13-15-29-16-17-6-3-2-4-7-17/h2-4,6-7,9-12,20H,5,8,13-16H2,1H3. The molecule has 1 fully saturated rings. The first-order chi connectivity index (χ1) is 14.7. The fourth-order valence-corrected chi connectivity index (χ4v) is 3.60. The van der Waals surface area contributed by atoms with Gasteiger partial charge in [-0.25, -0.2) is 0 Å². The second-order valence-corrected chi connectivity index (χ2v) is 7.22. The molecule has 4 rings (SSSR count). The van der Waals surface area contributed by atoms with Gasteiger partial charge in [-0.1, -0.05) is 35.5 Å². The van der Waals surface area contributed by atoms with E-state index in [0.717, 1.165) is 24.2 Å². The van der Waals surface area contributed by atoms with Crippen LogP contribution in [-0.2, 0) is 17.8 Å². The van der Waals surface area contributed by atoms with Gasteiger partial charge in [0.15, 0.2) is 5.82 Å². The van der Waals surface area contributed by atoms with Gasteiger partial charge in [0.05, 0.1) is 20.3 Å². The molecule has 0 aliphatic carbocycles. The largest absolute Gasteiger partial charge is 0.497 e. The van der Waals surface area contributed by atoms with Gasteiger partial charge in [0.1, 0.15) is 11.8 Å². The number of ether oxygens (including phenoxy) is 2. The number of benzene rings is 2. The lowest BCUT2D eigenvalue weighted by atomic mass is 10.1. The Morgan fingerprint density at radius 1 is 1.17 bits per heavy atom. The van der Waals surface area contributed by atoms with Crippen molar-refractivity contribution in [2.24, 2.45) is 0 Å². The van der Waals surface area contributed by atoms with Crippen LogP contribution in [0.25, 0.3) is 0 Å². The summed E-state index contributed by atoms with van der Waals surface area (Å²) in [6.07, 6.45) is 2.29. The molecule has 1 unspecified atom stereocenters. The van der Waals surface area contributed by atoms with Crippen LogP contribution in [0.15, 0.2) is 59.1 Å². The van der Waals surface area contributed by atoms with Gasteiger partial charge in [-0.3, -0.25) is 4.79 Å². The second kappa shape index (κ2) is 9.54. The lowest BCUT2D eigenvalue weighted by molar-refractivity contribution is 0.0710. The topological polar surface area (TPSA) is 77.7 Å². The molecule has 156 valence electrons. The van der Waals surface area contributed by atoms with Crippen LogP contribution in [0.4, 0.5) is 0 Å². The number of nitrogens with zero attached hydrogens (tertiary/aromatic N) is 3. The van der Waals surface area contributed by atoms with Crippen LogP contribution in [0.2, 0.25) is 0 Å². The molecule has 3 aromatic rings. The monoisotopic (exact) mass is 407 g/mol. The van der Waals surface area contributed by atoms with E-state index in [0.29, 0.717) is 43.5 Å². The minimum absolute atomic E-state index is 0.0360. The van der Waals surface area contributed by atoms with Gasteiger partial charge in [0.25, 0.3) is 5.91 Å². The van der Waals surface area contributed by atoms with Crippen molar-refractivity contribution >= 4 is 5.91 Å². The second-order valence-electron chi connectivity index (χ2n) is 7.22. The van der Waals surface area contributed by atoms with Gasteiger partial charge in [-0.15, -0.1) is 0 Å². The number of methoxy groups -OCH3 is 1. The molecule has 1 saturated heterocycles. The number of likely N-dealkylation sites (tertiary alicyclic amines) is 1. The van der Waals surface area contributed by atoms with E-state index in [1.54, 1.807) is 31.4 Å². The van der Waals surface area contributed by atoms with Gasteiger partial charge >= 0.3 is 0 Å². The Morgan fingerprint density at radius 3 is 2.73 bits per heavy atom. The average Bonchev–Trinajstić information content (AvgIpc) is 3.46. The van der Waals surface area contributed by atoms with Gasteiger partial charge in [-0.2, -0.15) is 4.98 Å². The third kappa shape index (κ3) is 4.68. The lowest BCUT2D eigenvalue weighted by Crippen LogP contribution is -2.30. The molecule has 7 heteroatoms. The number of carbonyl (C=O) groups excluding carboxylic acids is 1. The highest BCUT2D eigenvalue weighted by Crippen LogP contribution is 2.32. The van der Waals surface area contributed by atoms with Crippen molar-refractivity contribution < 1.29 is 18.8 Å². The van der Waals surface area contributed by atoms with Crippen LogP contribution >= 0.6 is 0 Å². The zero-order valence-electron chi connectivity index (χ0n) is 17.0. The highest BCUT2D eigenvalue weighted by atomic mass is 16.5. The molecular formula is C23H25N3O4. The molecular weight excluding hydrogens is 382 g/mol. The third-order valence-corrected chi connectivity index (χ3v) is 5.20. The molecule has 30 heavy (non-hydrogen) atoms. The molecule has 1 aromatic heterocycles. The summed E-state index contributed by atoms with van der Waals surface area (Å²) in [4.78, 5) is 19.3. The quantitative estimate of drug-likeness (QED) is 0.529. The van der Waals surface area contributed by atoms with Gasteiger partial charge in [0.2, 0.25) is 5.89 Å². The molecule has 1 aliphatic heterocycles. The van der Waals surface area contributed by atoms with Crippen molar-refractivity contribution in [3.05, 3.63) is 77.4 Å². The van der Waals surface area contributed by atoms with Gasteiger partial charge < -0.3 is 18.9 Å². The number of carbonyl (C=O) groups is 1. The number of aromatic nitrogens is 2. The van der Waals surface area contributed by atoms with E-state index in [2.05, 4.69) is 10.1 Å². The SMILES string of the molecule is COc1ccc(C(=O)N2CCCC2c2nc(CCOCc3ccccc3)no2)cc1. The predicted octanol–water partition coefficient (Wildman–Crippen LogP) is 3.81. The van der Waals surface area contributed by atoms with Crippen LogP contribution in [0, 0.1) is 0 Å². The first-order valence-corrected chi connectivity index (χ1v) is 10.1. The van der Waals surface area contributed by atoms with E-state index in [-0.39, 0.29) is 11.9 Å². The molecule has 2 heterocycles. The maximum Gasteiger partial charge on any atom is 0.254 e. The van der Waals surface area contributed by atoms with E-state index in [4.69, 9.17) is 14.0 Å². The van der Waals surface area contributed by atoms with Crippen LogP contribution in [0.5, 0.6) is 5.75 Å². The average molecular weight is 407 g/mol. The molecule has 0 saturated carbocycles. The van der Waals surface area contributed by atoms with E-state index in [1.165, 1.54) is 0 Å². The van der Waals surface area contributed by atoms with E-state index in [1.807, 2.05) is 35.2 Å². The fourth-order valence-electron chi connectivity index (χ4n) is 3.60. The van der Waals surface area contributed by atoms with Gasteiger partial charge in [0, 0.05) is 18.5 Å². The van der Waals surface area contributed by atoms with E-state index < -0.39 is 0 Å². The first kappa shape index (κ1) is 20.1. The minimum Gasteiger partial charge on any atom is -0.497 e. The van der Waals surface area contributed by atoms with E-state index in [9.17, 15) is 4.79 Å². The summed E-state index contributed by atoms with van der Waals surface area (Å²) in [6.45, 7) is 1.73. The number of hydrogen-bond donors (Lipinski definition) is 0. The van der Waals surface area contributed by atoms with Crippen LogP contribution < -0.4 is 4.74 Å². The summed E-state index contributed by atoms with van der Waals surface area (Å²) in [5.41, 5.74) is 1.75. The Bertz CT molecular complexity index is 956. The number of amides is 1. The zero-order chi connectivity index (χ0) is 20.8. The van der Waals surface area contributed by atoms with Gasteiger partial charge in [-0.05, 0) is 42.7 Å². The summed E-state index contributed by atoms with van der Waals surface area (Å²) in [7, 11) is 1.60. The van der Waals surface area contributed by atoms with Crippen molar-refractivity contribution in [1.82, 2.24) is 15.0 Å². The maximum atomic E-state index is 13.0. The predicted molar refractivity (Wildman–Crippen MR) is 110 cm³/mol. The third-order valence-electron chi connectivity index (χ3n) is 5.20. The summed E-state index contributed by atoms with van der Waals surface area (Å²) >= 11 is 0. The molecule has 1 atom stereocenters. The molecule has 2 aromatic carbocycles. The van der Waals surface area contributed by atoms with Crippen LogP contribution in [0.3, 0.4) is 0 Å². The molecule has 0 N–H and O–H groups in total. The number of hydrogen-bond acceptors (Lipinski definition) is 6. The smallest absolute Gasteiger partial charge is 0.254 e. The summed E-state index contributed by atoms with van der Waals surface area (Å²) in [6, 6.07) is 17.0. The maximum absolute atomic E-state index is 13.0. The highest BCUT2D eigenvalue weighted by molar-refractivity contribution is 5.94. The Balaban J connectivity index is 1.34. The molecule has 1 amide bonds. The van der Waals surface area contributed by atoms with Crippen molar-refractivity contribution in [2.75, 3.05) is 20.3 Å². The van der Waals surface area contributed by atoms with E-state index >= 15 is 0 Å². The lowest BCUT2D eigenvalue weighted by Gasteiger charge is -2.22.